The van der Waals surface area contributed by atoms with E-state index in [1.165, 1.54) is 22.9 Å². The molecule has 0 fully saturated rings. The molecule has 0 aliphatic rings. The van der Waals surface area contributed by atoms with Gasteiger partial charge in [-0.25, -0.2) is 9.50 Å². The van der Waals surface area contributed by atoms with E-state index in [1.807, 2.05) is 45.0 Å². The maximum Gasteiger partial charge on any atom is 0.253 e. The Kier molecular flexibility index (Phi) is 6.04. The van der Waals surface area contributed by atoms with Gasteiger partial charge in [-0.1, -0.05) is 59.3 Å². The lowest BCUT2D eigenvalue weighted by atomic mass is 10.0. The molecule has 4 rings (SSSR count). The highest BCUT2D eigenvalue weighted by Crippen LogP contribution is 2.21. The Morgan fingerprint density at radius 1 is 1.00 bits per heavy atom. The van der Waals surface area contributed by atoms with Crippen molar-refractivity contribution < 1.29 is 4.79 Å². The van der Waals surface area contributed by atoms with E-state index in [-0.39, 0.29) is 11.7 Å². The lowest BCUT2D eigenvalue weighted by Gasteiger charge is -2.10. The number of aryl methyl sites for hydroxylation is 4. The highest BCUT2D eigenvalue weighted by atomic mass is 32.2. The summed E-state index contributed by atoms with van der Waals surface area (Å²) in [5.41, 5.74) is 7.55. The van der Waals surface area contributed by atoms with Crippen molar-refractivity contribution in [3.63, 3.8) is 0 Å². The molecule has 0 spiro atoms. The Labute approximate surface area is 186 Å². The Balaban J connectivity index is 1.49. The largest absolute Gasteiger partial charge is 0.325 e. The van der Waals surface area contributed by atoms with E-state index >= 15 is 0 Å². The third-order valence-corrected chi connectivity index (χ3v) is 6.00. The molecule has 0 saturated heterocycles. The molecule has 2 aromatic carbocycles. The number of carbonyl (C=O) groups excluding carboxylic acids is 1. The molecule has 4 aromatic rings. The van der Waals surface area contributed by atoms with Crippen molar-refractivity contribution in [1.29, 1.82) is 0 Å². The van der Waals surface area contributed by atoms with Gasteiger partial charge in [0.2, 0.25) is 11.1 Å². The summed E-state index contributed by atoms with van der Waals surface area (Å²) in [4.78, 5) is 21.4. The number of hydrogen-bond donors (Lipinski definition) is 1. The van der Waals surface area contributed by atoms with Gasteiger partial charge >= 0.3 is 0 Å². The standard InChI is InChI=1S/C24H25N5OS/c1-15-8-10-20(11-9-15)26-22(30)14-31-24-27-23-25-17(3)21(18(4)29(23)28-24)13-19-7-5-6-16(2)12-19/h5-12H,13-14H2,1-4H3,(H,26,30). The quantitative estimate of drug-likeness (QED) is 0.449. The number of amides is 1. The fraction of sp³-hybridized carbons (Fsp3) is 0.250. The van der Waals surface area contributed by atoms with Gasteiger partial charge in [-0.05, 0) is 51.0 Å². The monoisotopic (exact) mass is 431 g/mol. The van der Waals surface area contributed by atoms with Crippen LogP contribution < -0.4 is 5.32 Å². The predicted octanol–water partition coefficient (Wildman–Crippen LogP) is 4.68. The number of benzene rings is 2. The Morgan fingerprint density at radius 3 is 2.52 bits per heavy atom. The Bertz CT molecular complexity index is 1250. The zero-order chi connectivity index (χ0) is 22.0. The molecule has 0 radical (unpaired) electrons. The van der Waals surface area contributed by atoms with Crippen LogP contribution in [0.25, 0.3) is 5.78 Å². The van der Waals surface area contributed by atoms with Crippen LogP contribution in [0.15, 0.2) is 53.7 Å². The summed E-state index contributed by atoms with van der Waals surface area (Å²) in [7, 11) is 0. The molecule has 158 valence electrons. The van der Waals surface area contributed by atoms with Crippen molar-refractivity contribution in [3.8, 4) is 0 Å². The van der Waals surface area contributed by atoms with E-state index in [2.05, 4.69) is 51.6 Å². The first kappa shape index (κ1) is 21.1. The number of rotatable bonds is 6. The van der Waals surface area contributed by atoms with Crippen LogP contribution in [-0.4, -0.2) is 31.2 Å². The summed E-state index contributed by atoms with van der Waals surface area (Å²) in [6, 6.07) is 16.2. The molecule has 0 aliphatic carbocycles. The fourth-order valence-corrected chi connectivity index (χ4v) is 4.12. The molecule has 0 unspecified atom stereocenters. The van der Waals surface area contributed by atoms with Crippen molar-refractivity contribution in [2.75, 3.05) is 11.1 Å². The SMILES string of the molecule is Cc1ccc(NC(=O)CSc2nc3nc(C)c(Cc4cccc(C)c4)c(C)n3n2)cc1. The first-order chi connectivity index (χ1) is 14.9. The van der Waals surface area contributed by atoms with E-state index in [0.717, 1.165) is 34.6 Å². The van der Waals surface area contributed by atoms with E-state index in [1.54, 1.807) is 4.52 Å². The fourth-order valence-electron chi connectivity index (χ4n) is 3.50. The third-order valence-electron chi connectivity index (χ3n) is 5.16. The summed E-state index contributed by atoms with van der Waals surface area (Å²) in [5, 5.41) is 8.03. The van der Waals surface area contributed by atoms with Gasteiger partial charge in [-0.2, -0.15) is 4.98 Å². The second-order valence-corrected chi connectivity index (χ2v) is 8.68. The van der Waals surface area contributed by atoms with Crippen molar-refractivity contribution in [3.05, 3.63) is 82.2 Å². The average Bonchev–Trinajstić information content (AvgIpc) is 3.14. The molecule has 2 aromatic heterocycles. The van der Waals surface area contributed by atoms with Crippen LogP contribution in [0.2, 0.25) is 0 Å². The van der Waals surface area contributed by atoms with Crippen LogP contribution in [0.3, 0.4) is 0 Å². The highest BCUT2D eigenvalue weighted by Gasteiger charge is 2.15. The second kappa shape index (κ2) is 8.89. The normalized spacial score (nSPS) is 11.1. The molecule has 2 heterocycles. The van der Waals surface area contributed by atoms with Gasteiger partial charge < -0.3 is 5.32 Å². The second-order valence-electron chi connectivity index (χ2n) is 7.74. The smallest absolute Gasteiger partial charge is 0.253 e. The number of carbonyl (C=O) groups is 1. The molecule has 31 heavy (non-hydrogen) atoms. The average molecular weight is 432 g/mol. The number of anilines is 1. The van der Waals surface area contributed by atoms with Crippen molar-refractivity contribution in [2.45, 2.75) is 39.3 Å². The molecule has 1 N–H and O–H groups in total. The highest BCUT2D eigenvalue weighted by molar-refractivity contribution is 7.99. The van der Waals surface area contributed by atoms with E-state index in [0.29, 0.717) is 10.9 Å². The molecule has 7 heteroatoms. The molecule has 1 amide bonds. The minimum Gasteiger partial charge on any atom is -0.325 e. The van der Waals surface area contributed by atoms with Gasteiger partial charge in [0.1, 0.15) is 0 Å². The number of hydrogen-bond acceptors (Lipinski definition) is 5. The summed E-state index contributed by atoms with van der Waals surface area (Å²) < 4.78 is 1.78. The lowest BCUT2D eigenvalue weighted by molar-refractivity contribution is -0.113. The van der Waals surface area contributed by atoms with Gasteiger partial charge in [-0.15, -0.1) is 5.10 Å². The zero-order valence-electron chi connectivity index (χ0n) is 18.1. The van der Waals surface area contributed by atoms with E-state index < -0.39 is 0 Å². The molecule has 6 nitrogen and oxygen atoms in total. The van der Waals surface area contributed by atoms with Gasteiger partial charge in [0.05, 0.1) is 5.75 Å². The van der Waals surface area contributed by atoms with Crippen molar-refractivity contribution >= 4 is 29.1 Å². The first-order valence-electron chi connectivity index (χ1n) is 10.2. The van der Waals surface area contributed by atoms with Crippen molar-refractivity contribution in [2.24, 2.45) is 0 Å². The van der Waals surface area contributed by atoms with Crippen LogP contribution in [0, 0.1) is 27.7 Å². The van der Waals surface area contributed by atoms with Gasteiger partial charge in [0.25, 0.3) is 5.78 Å². The maximum absolute atomic E-state index is 12.3. The summed E-state index contributed by atoms with van der Waals surface area (Å²) >= 11 is 1.31. The zero-order valence-corrected chi connectivity index (χ0v) is 19.0. The molecule has 0 bridgehead atoms. The summed E-state index contributed by atoms with van der Waals surface area (Å²) in [5.74, 6) is 0.706. The predicted molar refractivity (Wildman–Crippen MR) is 125 cm³/mol. The number of nitrogens with one attached hydrogen (secondary N) is 1. The van der Waals surface area contributed by atoms with Crippen LogP contribution in [0.5, 0.6) is 0 Å². The molecular weight excluding hydrogens is 406 g/mol. The Morgan fingerprint density at radius 2 is 1.77 bits per heavy atom. The lowest BCUT2D eigenvalue weighted by Crippen LogP contribution is -2.14. The van der Waals surface area contributed by atoms with Gasteiger partial charge in [0.15, 0.2) is 0 Å². The summed E-state index contributed by atoms with van der Waals surface area (Å²) in [6.07, 6.45) is 0.795. The topological polar surface area (TPSA) is 72.2 Å². The summed E-state index contributed by atoms with van der Waals surface area (Å²) in [6.45, 7) is 8.16. The molecule has 0 saturated carbocycles. The third kappa shape index (κ3) is 4.94. The van der Waals surface area contributed by atoms with Crippen LogP contribution >= 0.6 is 11.8 Å². The Hall–Kier alpha value is -3.19. The van der Waals surface area contributed by atoms with E-state index in [9.17, 15) is 4.79 Å². The number of thioether (sulfide) groups is 1. The van der Waals surface area contributed by atoms with Crippen molar-refractivity contribution in [1.82, 2.24) is 19.6 Å². The minimum absolute atomic E-state index is 0.0892. The minimum atomic E-state index is -0.0892. The van der Waals surface area contributed by atoms with Crippen LogP contribution in [-0.2, 0) is 11.2 Å². The van der Waals surface area contributed by atoms with Gasteiger partial charge in [-0.3, -0.25) is 4.79 Å². The number of nitrogens with zero attached hydrogens (tertiary/aromatic N) is 4. The number of aromatic nitrogens is 4. The molecule has 0 aliphatic heterocycles. The maximum atomic E-state index is 12.3. The van der Waals surface area contributed by atoms with E-state index in [4.69, 9.17) is 0 Å². The van der Waals surface area contributed by atoms with Gasteiger partial charge in [0, 0.05) is 23.5 Å². The van der Waals surface area contributed by atoms with Crippen LogP contribution in [0.1, 0.15) is 33.6 Å². The first-order valence-corrected chi connectivity index (χ1v) is 11.2. The van der Waals surface area contributed by atoms with Crippen LogP contribution in [0.4, 0.5) is 5.69 Å². The molecular formula is C24H25N5OS. The number of fused-ring (bicyclic) bond motifs is 1. The molecule has 0 atom stereocenters.